The summed E-state index contributed by atoms with van der Waals surface area (Å²) in [6.07, 6.45) is 0.620. The van der Waals surface area contributed by atoms with E-state index >= 15 is 0 Å². The number of piperazine rings is 1. The second kappa shape index (κ2) is 9.72. The maximum Gasteiger partial charge on any atom is 0.252 e. The molecule has 1 atom stereocenters. The van der Waals surface area contributed by atoms with E-state index < -0.39 is 15.6 Å². The average molecular weight is 463 g/mol. The molecule has 1 fully saturated rings. The van der Waals surface area contributed by atoms with Crippen molar-refractivity contribution < 1.29 is 18.3 Å². The van der Waals surface area contributed by atoms with Gasteiger partial charge in [-0.2, -0.15) is 4.31 Å². The molecule has 1 saturated heterocycles. The second-order valence-electron chi connectivity index (χ2n) is 8.02. The van der Waals surface area contributed by atoms with Crippen molar-refractivity contribution in [2.24, 2.45) is 0 Å². The van der Waals surface area contributed by atoms with Crippen LogP contribution in [0.4, 0.5) is 5.69 Å². The molecule has 2 aromatic rings. The molecule has 31 heavy (non-hydrogen) atoms. The minimum Gasteiger partial charge on any atom is -0.386 e. The van der Waals surface area contributed by atoms with E-state index in [0.29, 0.717) is 30.4 Å². The Morgan fingerprint density at radius 2 is 1.94 bits per heavy atom. The van der Waals surface area contributed by atoms with Gasteiger partial charge < -0.3 is 14.7 Å². The Hall–Kier alpha value is -1.89. The molecular weight excluding hydrogens is 432 g/mol. The van der Waals surface area contributed by atoms with E-state index in [1.165, 1.54) is 11.3 Å². The van der Waals surface area contributed by atoms with Crippen LogP contribution in [-0.2, 0) is 20.4 Å². The van der Waals surface area contributed by atoms with Gasteiger partial charge in [0.2, 0.25) is 0 Å². The maximum absolute atomic E-state index is 12.8. The van der Waals surface area contributed by atoms with Gasteiger partial charge in [0.1, 0.15) is 10.3 Å². The molecule has 2 heterocycles. The van der Waals surface area contributed by atoms with Gasteiger partial charge in [-0.1, -0.05) is 30.9 Å². The highest BCUT2D eigenvalue weighted by Crippen LogP contribution is 2.29. The highest BCUT2D eigenvalue weighted by Gasteiger charge is 2.30. The summed E-state index contributed by atoms with van der Waals surface area (Å²) in [6.45, 7) is 7.48. The van der Waals surface area contributed by atoms with Crippen molar-refractivity contribution in [1.29, 1.82) is 0 Å². The lowest BCUT2D eigenvalue weighted by Gasteiger charge is -2.36. The van der Waals surface area contributed by atoms with E-state index in [1.54, 1.807) is 42.8 Å². The van der Waals surface area contributed by atoms with Crippen LogP contribution < -0.4 is 4.90 Å². The Balaban J connectivity index is 1.85. The van der Waals surface area contributed by atoms with Crippen LogP contribution in [0.15, 0.2) is 39.9 Å². The Morgan fingerprint density at radius 3 is 2.48 bits per heavy atom. The smallest absolute Gasteiger partial charge is 0.252 e. The van der Waals surface area contributed by atoms with E-state index in [4.69, 9.17) is 4.74 Å². The highest BCUT2D eigenvalue weighted by molar-refractivity contribution is 7.91. The number of rotatable bonds is 6. The molecular formula is C23H30N2O4S2. The molecule has 1 aromatic carbocycles. The zero-order valence-corrected chi connectivity index (χ0v) is 20.1. The first-order chi connectivity index (χ1) is 14.7. The highest BCUT2D eigenvalue weighted by atomic mass is 32.2. The van der Waals surface area contributed by atoms with E-state index in [2.05, 4.69) is 16.7 Å². The van der Waals surface area contributed by atoms with Gasteiger partial charge in [0.15, 0.2) is 0 Å². The third-order valence-electron chi connectivity index (χ3n) is 5.39. The van der Waals surface area contributed by atoms with Gasteiger partial charge in [0, 0.05) is 38.9 Å². The number of ether oxygens (including phenoxy) is 1. The molecule has 1 N–H and O–H groups in total. The van der Waals surface area contributed by atoms with Gasteiger partial charge in [0.25, 0.3) is 10.0 Å². The molecule has 3 rings (SSSR count). The third-order valence-corrected chi connectivity index (χ3v) is 8.67. The van der Waals surface area contributed by atoms with E-state index in [9.17, 15) is 13.5 Å². The summed E-state index contributed by atoms with van der Waals surface area (Å²) in [5.41, 5.74) is 1.56. The minimum absolute atomic E-state index is 0.161. The van der Waals surface area contributed by atoms with Gasteiger partial charge in [-0.3, -0.25) is 0 Å². The molecule has 1 aliphatic rings. The van der Waals surface area contributed by atoms with Crippen LogP contribution in [-0.4, -0.2) is 57.2 Å². The first-order valence-corrected chi connectivity index (χ1v) is 12.7. The number of aliphatic hydroxyl groups is 1. The topological polar surface area (TPSA) is 70.1 Å². The molecule has 0 saturated carbocycles. The zero-order chi connectivity index (χ0) is 22.6. The molecule has 1 aliphatic heterocycles. The molecule has 6 nitrogen and oxygen atoms in total. The first-order valence-electron chi connectivity index (χ1n) is 10.4. The fourth-order valence-electron chi connectivity index (χ4n) is 3.49. The first kappa shape index (κ1) is 23.8. The lowest BCUT2D eigenvalue weighted by atomic mass is 9.95. The number of thiophene rings is 1. The number of methoxy groups -OCH3 is 1. The number of hydrogen-bond donors (Lipinski definition) is 1. The molecule has 0 aliphatic carbocycles. The molecule has 0 radical (unpaired) electrons. The minimum atomic E-state index is -3.44. The van der Waals surface area contributed by atoms with Crippen molar-refractivity contribution >= 4 is 27.0 Å². The van der Waals surface area contributed by atoms with Crippen LogP contribution in [0.5, 0.6) is 0 Å². The number of sulfonamides is 1. The van der Waals surface area contributed by atoms with Gasteiger partial charge in [-0.15, -0.1) is 11.3 Å². The maximum atomic E-state index is 12.8. The van der Waals surface area contributed by atoms with Crippen molar-refractivity contribution in [3.05, 3.63) is 46.8 Å². The van der Waals surface area contributed by atoms with Crippen LogP contribution in [0, 0.1) is 11.8 Å². The van der Waals surface area contributed by atoms with Crippen LogP contribution in [0.2, 0.25) is 0 Å². The fourth-order valence-corrected chi connectivity index (χ4v) is 6.05. The van der Waals surface area contributed by atoms with Gasteiger partial charge in [-0.25, -0.2) is 8.42 Å². The predicted molar refractivity (Wildman–Crippen MR) is 125 cm³/mol. The lowest BCUT2D eigenvalue weighted by Crippen LogP contribution is -2.48. The summed E-state index contributed by atoms with van der Waals surface area (Å²) >= 11 is 1.24. The molecule has 0 bridgehead atoms. The summed E-state index contributed by atoms with van der Waals surface area (Å²) in [7, 11) is -1.80. The normalized spacial score (nSPS) is 16.6. The summed E-state index contributed by atoms with van der Waals surface area (Å²) in [5.74, 6) is 6.39. The van der Waals surface area contributed by atoms with E-state index in [-0.39, 0.29) is 6.10 Å². The molecule has 8 heteroatoms. The monoisotopic (exact) mass is 462 g/mol. The van der Waals surface area contributed by atoms with Crippen molar-refractivity contribution in [1.82, 2.24) is 4.31 Å². The third kappa shape index (κ3) is 5.48. The number of benzene rings is 1. The summed E-state index contributed by atoms with van der Waals surface area (Å²) < 4.78 is 32.9. The summed E-state index contributed by atoms with van der Waals surface area (Å²) in [6, 6.07) is 9.19. The van der Waals surface area contributed by atoms with Crippen LogP contribution in [0.25, 0.3) is 0 Å². The fraction of sp³-hybridized carbons (Fsp3) is 0.478. The molecule has 1 aromatic heterocycles. The van der Waals surface area contributed by atoms with Crippen LogP contribution in [0.3, 0.4) is 0 Å². The van der Waals surface area contributed by atoms with Crippen molar-refractivity contribution in [2.75, 3.05) is 38.2 Å². The molecule has 0 spiro atoms. The van der Waals surface area contributed by atoms with Gasteiger partial charge in [0.05, 0.1) is 11.3 Å². The largest absolute Gasteiger partial charge is 0.386 e. The quantitative estimate of drug-likeness (QED) is 0.668. The van der Waals surface area contributed by atoms with Crippen LogP contribution in [0.1, 0.15) is 38.3 Å². The van der Waals surface area contributed by atoms with E-state index in [0.717, 1.165) is 23.2 Å². The van der Waals surface area contributed by atoms with Gasteiger partial charge in [-0.05, 0) is 49.4 Å². The molecule has 0 amide bonds. The molecule has 0 unspecified atom stereocenters. The van der Waals surface area contributed by atoms with Crippen molar-refractivity contribution in [3.8, 4) is 11.8 Å². The average Bonchev–Trinajstić information content (AvgIpc) is 3.30. The summed E-state index contributed by atoms with van der Waals surface area (Å²) in [5, 5.41) is 12.2. The zero-order valence-electron chi connectivity index (χ0n) is 18.5. The van der Waals surface area contributed by atoms with Crippen LogP contribution >= 0.6 is 11.3 Å². The standard InChI is InChI=1S/C23H30N2O4S2/c1-5-20(29-4)10-8-18-17-19(23(2,3)26)9-11-21(18)24-12-14-25(15-13-24)31(27,28)22-7-6-16-30-22/h6-7,9,11,16-17,20,26H,5,12-15H2,1-4H3/t20-/m1/s1. The lowest BCUT2D eigenvalue weighted by molar-refractivity contribution is 0.0786. The van der Waals surface area contributed by atoms with Gasteiger partial charge >= 0.3 is 0 Å². The molecule has 168 valence electrons. The number of nitrogens with zero attached hydrogens (tertiary/aromatic N) is 2. The Bertz CT molecular complexity index is 1040. The number of hydrogen-bond acceptors (Lipinski definition) is 6. The second-order valence-corrected chi connectivity index (χ2v) is 11.1. The Labute approximate surface area is 189 Å². The Morgan fingerprint density at radius 1 is 1.23 bits per heavy atom. The SMILES string of the molecule is CC[C@H](C#Cc1cc(C(C)(C)O)ccc1N1CCN(S(=O)(=O)c2cccs2)CC1)OC. The van der Waals surface area contributed by atoms with Crippen molar-refractivity contribution in [3.63, 3.8) is 0 Å². The van der Waals surface area contributed by atoms with Crippen molar-refractivity contribution in [2.45, 2.75) is 43.1 Å². The summed E-state index contributed by atoms with van der Waals surface area (Å²) in [4.78, 5) is 2.16. The van der Waals surface area contributed by atoms with E-state index in [1.807, 2.05) is 25.1 Å². The Kier molecular flexibility index (Phi) is 7.45. The predicted octanol–water partition coefficient (Wildman–Crippen LogP) is 3.26. The number of anilines is 1.